The molecule has 0 spiro atoms. The van der Waals surface area contributed by atoms with E-state index in [1.54, 1.807) is 34.3 Å². The number of aryl methyl sites for hydroxylation is 1. The Bertz CT molecular complexity index is 1170. The molecule has 0 saturated carbocycles. The monoisotopic (exact) mass is 493 g/mol. The summed E-state index contributed by atoms with van der Waals surface area (Å²) < 4.78 is 16.9. The minimum absolute atomic E-state index is 0.168. The molecule has 1 fully saturated rings. The second kappa shape index (κ2) is 10.7. The molecule has 190 valence electrons. The van der Waals surface area contributed by atoms with Gasteiger partial charge in [0.1, 0.15) is 24.2 Å². The third-order valence-corrected chi connectivity index (χ3v) is 5.50. The summed E-state index contributed by atoms with van der Waals surface area (Å²) in [6.07, 6.45) is 4.16. The summed E-state index contributed by atoms with van der Waals surface area (Å²) >= 11 is 0. The molecule has 1 N–H and O–H groups in total. The average molecular weight is 494 g/mol. The number of aromatic nitrogens is 2. The fraction of sp³-hybridized carbons (Fsp3) is 0.385. The van der Waals surface area contributed by atoms with Crippen molar-refractivity contribution in [3.8, 4) is 5.75 Å². The van der Waals surface area contributed by atoms with Gasteiger partial charge in [-0.3, -0.25) is 9.78 Å². The highest BCUT2D eigenvalue weighted by Crippen LogP contribution is 2.21. The van der Waals surface area contributed by atoms with Crippen molar-refractivity contribution < 1.29 is 23.5 Å². The van der Waals surface area contributed by atoms with Gasteiger partial charge in [0.2, 0.25) is 0 Å². The Hall–Kier alpha value is -4.08. The summed E-state index contributed by atoms with van der Waals surface area (Å²) in [4.78, 5) is 37.7. The normalized spacial score (nSPS) is 15.9. The Labute approximate surface area is 210 Å². The summed E-state index contributed by atoms with van der Waals surface area (Å²) in [6, 6.07) is 11.1. The van der Waals surface area contributed by atoms with Crippen molar-refractivity contribution in [2.75, 3.05) is 31.6 Å². The molecule has 1 saturated heterocycles. The van der Waals surface area contributed by atoms with Crippen LogP contribution in [0.3, 0.4) is 0 Å². The molecule has 36 heavy (non-hydrogen) atoms. The number of amides is 2. The van der Waals surface area contributed by atoms with E-state index in [0.717, 1.165) is 11.3 Å². The molecule has 3 heterocycles. The van der Waals surface area contributed by atoms with Crippen LogP contribution in [0.25, 0.3) is 0 Å². The number of carbonyl (C=O) groups excluding carboxylic acids is 2. The molecule has 2 amide bonds. The van der Waals surface area contributed by atoms with Crippen LogP contribution < -0.4 is 10.1 Å². The van der Waals surface area contributed by atoms with E-state index in [4.69, 9.17) is 13.9 Å². The van der Waals surface area contributed by atoms with Crippen molar-refractivity contribution in [2.45, 2.75) is 39.3 Å². The number of benzene rings is 1. The summed E-state index contributed by atoms with van der Waals surface area (Å²) in [5.74, 6) is 0.268. The van der Waals surface area contributed by atoms with Gasteiger partial charge in [-0.15, -0.1) is 0 Å². The number of nitrogens with one attached hydrogen (secondary N) is 1. The second-order valence-electron chi connectivity index (χ2n) is 9.61. The minimum atomic E-state index is -0.618. The molecule has 1 atom stereocenters. The van der Waals surface area contributed by atoms with Crippen LogP contribution in [0.2, 0.25) is 0 Å². The molecule has 0 radical (unpaired) electrons. The van der Waals surface area contributed by atoms with Crippen molar-refractivity contribution in [1.29, 1.82) is 0 Å². The van der Waals surface area contributed by atoms with Crippen LogP contribution in [0.1, 0.15) is 36.8 Å². The second-order valence-corrected chi connectivity index (χ2v) is 9.61. The molecule has 1 aromatic carbocycles. The smallest absolute Gasteiger partial charge is 0.410 e. The van der Waals surface area contributed by atoms with Crippen molar-refractivity contribution >= 4 is 23.7 Å². The van der Waals surface area contributed by atoms with Gasteiger partial charge in [0.05, 0.1) is 12.2 Å². The molecule has 1 aliphatic heterocycles. The zero-order valence-corrected chi connectivity index (χ0v) is 20.9. The van der Waals surface area contributed by atoms with E-state index in [2.05, 4.69) is 15.3 Å². The van der Waals surface area contributed by atoms with Gasteiger partial charge in [0.25, 0.3) is 11.9 Å². The first kappa shape index (κ1) is 25.0. The number of carbonyl (C=O) groups is 2. The van der Waals surface area contributed by atoms with E-state index in [1.807, 2.05) is 52.0 Å². The Morgan fingerprint density at radius 1 is 1.17 bits per heavy atom. The van der Waals surface area contributed by atoms with Crippen molar-refractivity contribution in [3.63, 3.8) is 0 Å². The fourth-order valence-corrected chi connectivity index (χ4v) is 3.72. The molecule has 1 aliphatic rings. The van der Waals surface area contributed by atoms with Crippen LogP contribution in [0.15, 0.2) is 59.5 Å². The van der Waals surface area contributed by atoms with Crippen LogP contribution in [0.5, 0.6) is 5.75 Å². The van der Waals surface area contributed by atoms with Crippen LogP contribution in [0, 0.1) is 6.92 Å². The van der Waals surface area contributed by atoms with E-state index in [1.165, 1.54) is 6.26 Å². The quantitative estimate of drug-likeness (QED) is 0.542. The maximum Gasteiger partial charge on any atom is 0.410 e. The van der Waals surface area contributed by atoms with E-state index < -0.39 is 17.7 Å². The van der Waals surface area contributed by atoms with E-state index in [-0.39, 0.29) is 30.8 Å². The first-order chi connectivity index (χ1) is 17.2. The first-order valence-corrected chi connectivity index (χ1v) is 11.8. The molecular formula is C26H31N5O5. The summed E-state index contributed by atoms with van der Waals surface area (Å²) in [5, 5.41) is 3.06. The largest absolute Gasteiger partial charge is 0.490 e. The molecule has 10 heteroatoms. The predicted molar refractivity (Wildman–Crippen MR) is 133 cm³/mol. The lowest BCUT2D eigenvalue weighted by atomic mass is 10.1. The van der Waals surface area contributed by atoms with Gasteiger partial charge in [-0.05, 0) is 52.0 Å². The van der Waals surface area contributed by atoms with Gasteiger partial charge in [-0.25, -0.2) is 4.79 Å². The lowest BCUT2D eigenvalue weighted by molar-refractivity contribution is -0.00109. The van der Waals surface area contributed by atoms with E-state index in [9.17, 15) is 9.59 Å². The number of pyridine rings is 1. The highest BCUT2D eigenvalue weighted by atomic mass is 16.6. The van der Waals surface area contributed by atoms with Gasteiger partial charge in [0.15, 0.2) is 5.69 Å². The van der Waals surface area contributed by atoms with E-state index in [0.29, 0.717) is 18.8 Å². The maximum absolute atomic E-state index is 13.4. The third kappa shape index (κ3) is 6.53. The number of nitrogens with zero attached hydrogens (tertiary/aromatic N) is 4. The number of piperazine rings is 1. The number of ether oxygens (including phenoxy) is 2. The van der Waals surface area contributed by atoms with Crippen LogP contribution >= 0.6 is 0 Å². The third-order valence-electron chi connectivity index (χ3n) is 5.50. The molecule has 10 nitrogen and oxygen atoms in total. The minimum Gasteiger partial charge on any atom is -0.490 e. The molecule has 2 aromatic heterocycles. The lowest BCUT2D eigenvalue weighted by Gasteiger charge is -2.41. The summed E-state index contributed by atoms with van der Waals surface area (Å²) in [6.45, 7) is 8.52. The SMILES string of the molecule is Cc1ccc(Nc2nc(C(=O)N3CCN(C(=O)OC(C)(C)C)CC3COc3cccnc3)co2)cc1. The lowest BCUT2D eigenvalue weighted by Crippen LogP contribution is -2.59. The highest BCUT2D eigenvalue weighted by Gasteiger charge is 2.36. The topological polar surface area (TPSA) is 110 Å². The van der Waals surface area contributed by atoms with Gasteiger partial charge < -0.3 is 29.0 Å². The van der Waals surface area contributed by atoms with Gasteiger partial charge in [-0.1, -0.05) is 17.7 Å². The molecule has 3 aromatic rings. The van der Waals surface area contributed by atoms with Crippen LogP contribution in [0.4, 0.5) is 16.5 Å². The van der Waals surface area contributed by atoms with Crippen molar-refractivity contribution in [1.82, 2.24) is 19.8 Å². The standard InChI is InChI=1S/C26H31N5O5/c1-18-7-9-19(10-8-18)28-24-29-22(17-35-24)23(32)31-13-12-30(25(33)36-26(2,3)4)15-20(31)16-34-21-6-5-11-27-14-21/h5-11,14,17,20H,12-13,15-16H2,1-4H3,(H,28,29). The molecule has 0 aliphatic carbocycles. The molecule has 4 rings (SSSR count). The van der Waals surface area contributed by atoms with E-state index >= 15 is 0 Å². The van der Waals surface area contributed by atoms with Gasteiger partial charge in [0, 0.05) is 31.5 Å². The van der Waals surface area contributed by atoms with Gasteiger partial charge in [-0.2, -0.15) is 4.98 Å². The molecule has 0 bridgehead atoms. The summed E-state index contributed by atoms with van der Waals surface area (Å²) in [7, 11) is 0. The predicted octanol–water partition coefficient (Wildman–Crippen LogP) is 4.26. The zero-order chi connectivity index (χ0) is 25.7. The Balaban J connectivity index is 1.47. The van der Waals surface area contributed by atoms with Crippen molar-refractivity contribution in [2.24, 2.45) is 0 Å². The van der Waals surface area contributed by atoms with Crippen molar-refractivity contribution in [3.05, 3.63) is 66.3 Å². The van der Waals surface area contributed by atoms with Crippen LogP contribution in [-0.4, -0.2) is 69.7 Å². The zero-order valence-electron chi connectivity index (χ0n) is 20.9. The maximum atomic E-state index is 13.4. The Morgan fingerprint density at radius 2 is 1.94 bits per heavy atom. The highest BCUT2D eigenvalue weighted by molar-refractivity contribution is 5.93. The van der Waals surface area contributed by atoms with Crippen LogP contribution in [-0.2, 0) is 4.74 Å². The first-order valence-electron chi connectivity index (χ1n) is 11.8. The molecular weight excluding hydrogens is 462 g/mol. The number of rotatable bonds is 6. The summed E-state index contributed by atoms with van der Waals surface area (Å²) in [5.41, 5.74) is 1.48. The average Bonchev–Trinajstić information content (AvgIpc) is 3.31. The number of oxazole rings is 1. The Kier molecular flexibility index (Phi) is 7.42. The number of hydrogen-bond donors (Lipinski definition) is 1. The van der Waals surface area contributed by atoms with Gasteiger partial charge >= 0.3 is 6.09 Å². The fourth-order valence-electron chi connectivity index (χ4n) is 3.72. The number of anilines is 2. The number of hydrogen-bond acceptors (Lipinski definition) is 8. The molecule has 1 unspecified atom stereocenters. The Morgan fingerprint density at radius 3 is 2.64 bits per heavy atom.